The highest BCUT2D eigenvalue weighted by Crippen LogP contribution is 2.24. The van der Waals surface area contributed by atoms with Crippen molar-refractivity contribution in [3.8, 4) is 11.8 Å². The van der Waals surface area contributed by atoms with Crippen LogP contribution in [-0.4, -0.2) is 5.11 Å². The molecule has 2 aromatic rings. The van der Waals surface area contributed by atoms with Crippen LogP contribution in [0.15, 0.2) is 36.4 Å². The van der Waals surface area contributed by atoms with Gasteiger partial charge >= 0.3 is 0 Å². The molecule has 0 saturated heterocycles. The summed E-state index contributed by atoms with van der Waals surface area (Å²) in [4.78, 5) is 0. The van der Waals surface area contributed by atoms with E-state index in [9.17, 15) is 5.11 Å². The molecule has 4 heteroatoms. The molecule has 2 rings (SSSR count). The summed E-state index contributed by atoms with van der Waals surface area (Å²) >= 11 is 0. The van der Waals surface area contributed by atoms with Gasteiger partial charge in [0.15, 0.2) is 0 Å². The van der Waals surface area contributed by atoms with Crippen molar-refractivity contribution in [2.45, 2.75) is 13.5 Å². The molecule has 0 atom stereocenters. The van der Waals surface area contributed by atoms with Gasteiger partial charge in [-0.3, -0.25) is 0 Å². The predicted octanol–water partition coefficient (Wildman–Crippen LogP) is 2.77. The van der Waals surface area contributed by atoms with Crippen molar-refractivity contribution in [2.75, 3.05) is 11.1 Å². The number of hydrogen-bond acceptors (Lipinski definition) is 4. The number of aryl methyl sites for hydroxylation is 1. The lowest BCUT2D eigenvalue weighted by atomic mass is 10.1. The summed E-state index contributed by atoms with van der Waals surface area (Å²) in [5.74, 6) is 0.189. The normalized spacial score (nSPS) is 9.89. The fourth-order valence-corrected chi connectivity index (χ4v) is 1.93. The van der Waals surface area contributed by atoms with Crippen molar-refractivity contribution in [3.05, 3.63) is 53.1 Å². The number of aromatic hydroxyl groups is 1. The van der Waals surface area contributed by atoms with Crippen molar-refractivity contribution in [1.82, 2.24) is 0 Å². The predicted molar refractivity (Wildman–Crippen MR) is 75.7 cm³/mol. The zero-order chi connectivity index (χ0) is 13.8. The molecular formula is C15H15N3O. The maximum atomic E-state index is 9.75. The molecule has 0 heterocycles. The quantitative estimate of drug-likeness (QED) is 0.580. The number of nitrogens with zero attached hydrogens (tertiary/aromatic N) is 1. The molecule has 0 bridgehead atoms. The molecular weight excluding hydrogens is 238 g/mol. The standard InChI is InChI=1S/C15H15N3O/c1-10-3-2-4-11(8-16)15(10)18-9-12-7-13(17)5-6-14(12)19/h2-7,18-19H,9,17H2,1H3. The molecule has 0 fully saturated rings. The Hall–Kier alpha value is -2.67. The summed E-state index contributed by atoms with van der Waals surface area (Å²) in [6, 6.07) is 12.6. The van der Waals surface area contributed by atoms with E-state index < -0.39 is 0 Å². The molecule has 4 N–H and O–H groups in total. The molecule has 96 valence electrons. The first-order chi connectivity index (χ1) is 9.11. The van der Waals surface area contributed by atoms with Gasteiger partial charge in [0.25, 0.3) is 0 Å². The van der Waals surface area contributed by atoms with Gasteiger partial charge < -0.3 is 16.2 Å². The molecule has 4 nitrogen and oxygen atoms in total. The van der Waals surface area contributed by atoms with Crippen molar-refractivity contribution in [2.24, 2.45) is 0 Å². The van der Waals surface area contributed by atoms with Crippen LogP contribution < -0.4 is 11.1 Å². The summed E-state index contributed by atoms with van der Waals surface area (Å²) < 4.78 is 0. The summed E-state index contributed by atoms with van der Waals surface area (Å²) in [5, 5.41) is 22.0. The van der Waals surface area contributed by atoms with Crippen LogP contribution in [0.4, 0.5) is 11.4 Å². The van der Waals surface area contributed by atoms with E-state index in [1.807, 2.05) is 19.1 Å². The van der Waals surface area contributed by atoms with Crippen LogP contribution in [0.3, 0.4) is 0 Å². The van der Waals surface area contributed by atoms with Crippen molar-refractivity contribution < 1.29 is 5.11 Å². The third-order valence-electron chi connectivity index (χ3n) is 2.95. The van der Waals surface area contributed by atoms with Gasteiger partial charge in [-0.05, 0) is 36.8 Å². The number of anilines is 2. The van der Waals surface area contributed by atoms with Crippen LogP contribution >= 0.6 is 0 Å². The van der Waals surface area contributed by atoms with E-state index in [-0.39, 0.29) is 5.75 Å². The van der Waals surface area contributed by atoms with Gasteiger partial charge in [-0.25, -0.2) is 0 Å². The Morgan fingerprint density at radius 1 is 1.32 bits per heavy atom. The van der Waals surface area contributed by atoms with E-state index in [0.29, 0.717) is 23.4 Å². The monoisotopic (exact) mass is 253 g/mol. The van der Waals surface area contributed by atoms with Gasteiger partial charge in [0.1, 0.15) is 11.8 Å². The number of nitriles is 1. The smallest absolute Gasteiger partial charge is 0.120 e. The van der Waals surface area contributed by atoms with Crippen molar-refractivity contribution in [3.63, 3.8) is 0 Å². The molecule has 0 radical (unpaired) electrons. The van der Waals surface area contributed by atoms with Crippen molar-refractivity contribution in [1.29, 1.82) is 5.26 Å². The van der Waals surface area contributed by atoms with Gasteiger partial charge in [-0.2, -0.15) is 5.26 Å². The maximum Gasteiger partial charge on any atom is 0.120 e. The van der Waals surface area contributed by atoms with Crippen molar-refractivity contribution >= 4 is 11.4 Å². The highest BCUT2D eigenvalue weighted by molar-refractivity contribution is 5.62. The zero-order valence-corrected chi connectivity index (χ0v) is 10.6. The molecule has 0 saturated carbocycles. The summed E-state index contributed by atoms with van der Waals surface area (Å²) in [6.07, 6.45) is 0. The number of para-hydroxylation sites is 1. The van der Waals surface area contributed by atoms with E-state index >= 15 is 0 Å². The molecule has 19 heavy (non-hydrogen) atoms. The number of phenolic OH excluding ortho intramolecular Hbond substituents is 1. The molecule has 0 aliphatic heterocycles. The second-order valence-electron chi connectivity index (χ2n) is 4.35. The number of rotatable bonds is 3. The fourth-order valence-electron chi connectivity index (χ4n) is 1.93. The molecule has 0 aliphatic carbocycles. The second kappa shape index (κ2) is 5.32. The molecule has 0 aromatic heterocycles. The Morgan fingerprint density at radius 2 is 2.11 bits per heavy atom. The van der Waals surface area contributed by atoms with E-state index in [1.54, 1.807) is 24.3 Å². The lowest BCUT2D eigenvalue weighted by Crippen LogP contribution is -2.04. The Morgan fingerprint density at radius 3 is 2.84 bits per heavy atom. The van der Waals surface area contributed by atoms with Gasteiger partial charge in [0.05, 0.1) is 11.3 Å². The molecule has 0 amide bonds. The third kappa shape index (κ3) is 2.78. The molecule has 0 spiro atoms. The largest absolute Gasteiger partial charge is 0.508 e. The van der Waals surface area contributed by atoms with E-state index in [1.165, 1.54) is 0 Å². The topological polar surface area (TPSA) is 82.1 Å². The lowest BCUT2D eigenvalue weighted by molar-refractivity contribution is 0.469. The lowest BCUT2D eigenvalue weighted by Gasteiger charge is -2.12. The number of nitrogens with one attached hydrogen (secondary N) is 1. The SMILES string of the molecule is Cc1cccc(C#N)c1NCc1cc(N)ccc1O. The van der Waals surface area contributed by atoms with E-state index in [0.717, 1.165) is 11.3 Å². The van der Waals surface area contributed by atoms with Crippen LogP contribution in [0.1, 0.15) is 16.7 Å². The summed E-state index contributed by atoms with van der Waals surface area (Å²) in [6.45, 7) is 2.35. The van der Waals surface area contributed by atoms with E-state index in [4.69, 9.17) is 11.0 Å². The number of nitrogen functional groups attached to an aromatic ring is 1. The van der Waals surface area contributed by atoms with Crippen LogP contribution in [0.2, 0.25) is 0 Å². The summed E-state index contributed by atoms with van der Waals surface area (Å²) in [5.41, 5.74) is 9.35. The van der Waals surface area contributed by atoms with Crippen LogP contribution in [0.25, 0.3) is 0 Å². The van der Waals surface area contributed by atoms with Gasteiger partial charge in [-0.1, -0.05) is 12.1 Å². The number of benzene rings is 2. The highest BCUT2D eigenvalue weighted by atomic mass is 16.3. The second-order valence-corrected chi connectivity index (χ2v) is 4.35. The first-order valence-corrected chi connectivity index (χ1v) is 5.93. The van der Waals surface area contributed by atoms with Crippen LogP contribution in [-0.2, 0) is 6.54 Å². The molecule has 2 aromatic carbocycles. The minimum atomic E-state index is 0.189. The van der Waals surface area contributed by atoms with Crippen LogP contribution in [0.5, 0.6) is 5.75 Å². The summed E-state index contributed by atoms with van der Waals surface area (Å²) in [7, 11) is 0. The zero-order valence-electron chi connectivity index (χ0n) is 10.6. The van der Waals surface area contributed by atoms with Gasteiger partial charge in [0.2, 0.25) is 0 Å². The fraction of sp³-hybridized carbons (Fsp3) is 0.133. The Balaban J connectivity index is 2.24. The first-order valence-electron chi connectivity index (χ1n) is 5.93. The average molecular weight is 253 g/mol. The minimum absolute atomic E-state index is 0.189. The van der Waals surface area contributed by atoms with Gasteiger partial charge in [0, 0.05) is 17.8 Å². The number of phenols is 1. The maximum absolute atomic E-state index is 9.75. The number of hydrogen-bond donors (Lipinski definition) is 3. The average Bonchev–Trinajstić information content (AvgIpc) is 2.40. The highest BCUT2D eigenvalue weighted by Gasteiger charge is 2.06. The van der Waals surface area contributed by atoms with E-state index in [2.05, 4.69) is 11.4 Å². The van der Waals surface area contributed by atoms with Gasteiger partial charge in [-0.15, -0.1) is 0 Å². The molecule has 0 aliphatic rings. The minimum Gasteiger partial charge on any atom is -0.508 e. The Bertz CT molecular complexity index is 644. The Labute approximate surface area is 112 Å². The Kier molecular flexibility index (Phi) is 3.58. The third-order valence-corrected chi connectivity index (χ3v) is 2.95. The van der Waals surface area contributed by atoms with Crippen LogP contribution in [0, 0.1) is 18.3 Å². The molecule has 0 unspecified atom stereocenters. The number of nitrogens with two attached hydrogens (primary N) is 1. The first kappa shape index (κ1) is 12.8.